The van der Waals surface area contributed by atoms with Crippen molar-refractivity contribution >= 4 is 17.7 Å². The van der Waals surface area contributed by atoms with Gasteiger partial charge in [0.25, 0.3) is 0 Å². The van der Waals surface area contributed by atoms with Gasteiger partial charge in [0.2, 0.25) is 17.7 Å². The molecule has 3 fully saturated rings. The lowest BCUT2D eigenvalue weighted by Crippen LogP contribution is -2.51. The maximum Gasteiger partial charge on any atom is 0.241 e. The van der Waals surface area contributed by atoms with Crippen LogP contribution in [0.2, 0.25) is 0 Å². The van der Waals surface area contributed by atoms with E-state index < -0.39 is 11.2 Å². The molecular formula is C27H31FN4O3. The molecule has 7 nitrogen and oxygen atoms in total. The first-order valence-electron chi connectivity index (χ1n) is 12.5. The van der Waals surface area contributed by atoms with E-state index in [2.05, 4.69) is 9.88 Å². The molecule has 3 aliphatic rings. The highest BCUT2D eigenvalue weighted by molar-refractivity contribution is 6.11. The first-order valence-corrected chi connectivity index (χ1v) is 12.5. The Morgan fingerprint density at radius 3 is 2.51 bits per heavy atom. The van der Waals surface area contributed by atoms with Gasteiger partial charge in [-0.25, -0.2) is 4.39 Å². The molecule has 2 saturated heterocycles. The van der Waals surface area contributed by atoms with Crippen LogP contribution in [0.25, 0.3) is 0 Å². The molecule has 5 rings (SSSR count). The lowest BCUT2D eigenvalue weighted by molar-refractivity contribution is -0.145. The van der Waals surface area contributed by atoms with Crippen molar-refractivity contribution < 1.29 is 18.8 Å². The van der Waals surface area contributed by atoms with Gasteiger partial charge in [-0.1, -0.05) is 31.0 Å². The highest BCUT2D eigenvalue weighted by Crippen LogP contribution is 2.43. The number of aromatic nitrogens is 1. The maximum absolute atomic E-state index is 14.2. The summed E-state index contributed by atoms with van der Waals surface area (Å²) in [4.78, 5) is 50.0. The smallest absolute Gasteiger partial charge is 0.241 e. The van der Waals surface area contributed by atoms with Crippen LogP contribution in [0.3, 0.4) is 0 Å². The Balaban J connectivity index is 1.33. The Bertz CT molecular complexity index is 1100. The Morgan fingerprint density at radius 1 is 1.06 bits per heavy atom. The van der Waals surface area contributed by atoms with Gasteiger partial charge in [-0.2, -0.15) is 0 Å². The van der Waals surface area contributed by atoms with Crippen molar-refractivity contribution in [1.29, 1.82) is 0 Å². The molecule has 0 spiro atoms. The molecule has 0 radical (unpaired) electrons. The third-order valence-electron chi connectivity index (χ3n) is 7.72. The fourth-order valence-electron chi connectivity index (χ4n) is 5.82. The Labute approximate surface area is 204 Å². The van der Waals surface area contributed by atoms with Crippen molar-refractivity contribution in [3.8, 4) is 0 Å². The van der Waals surface area contributed by atoms with Crippen molar-refractivity contribution in [2.24, 2.45) is 0 Å². The van der Waals surface area contributed by atoms with Crippen molar-refractivity contribution in [1.82, 2.24) is 19.7 Å². The summed E-state index contributed by atoms with van der Waals surface area (Å²) < 4.78 is 14.2. The van der Waals surface area contributed by atoms with Crippen LogP contribution in [-0.2, 0) is 26.3 Å². The van der Waals surface area contributed by atoms with Crippen LogP contribution in [-0.4, -0.2) is 69.6 Å². The molecular weight excluding hydrogens is 447 g/mol. The maximum atomic E-state index is 14.2. The molecule has 1 aromatic carbocycles. The van der Waals surface area contributed by atoms with Crippen LogP contribution in [0.15, 0.2) is 48.8 Å². The molecule has 0 unspecified atom stereocenters. The first kappa shape index (κ1) is 23.6. The van der Waals surface area contributed by atoms with E-state index in [1.54, 1.807) is 23.2 Å². The zero-order chi connectivity index (χ0) is 24.4. The molecule has 0 bridgehead atoms. The van der Waals surface area contributed by atoms with Gasteiger partial charge >= 0.3 is 0 Å². The third-order valence-corrected chi connectivity index (χ3v) is 7.72. The van der Waals surface area contributed by atoms with Crippen LogP contribution in [0.1, 0.15) is 49.7 Å². The molecule has 1 atom stereocenters. The molecule has 2 aliphatic heterocycles. The minimum atomic E-state index is -1.34. The van der Waals surface area contributed by atoms with Crippen LogP contribution >= 0.6 is 0 Å². The fourth-order valence-corrected chi connectivity index (χ4v) is 5.82. The molecule has 184 valence electrons. The summed E-state index contributed by atoms with van der Waals surface area (Å²) in [5.41, 5.74) is 0.199. The van der Waals surface area contributed by atoms with Crippen LogP contribution in [0.4, 0.5) is 4.39 Å². The number of hydrogen-bond donors (Lipinski definition) is 0. The molecule has 0 N–H and O–H groups in total. The number of pyridine rings is 1. The predicted octanol–water partition coefficient (Wildman–Crippen LogP) is 2.89. The van der Waals surface area contributed by atoms with Crippen molar-refractivity contribution in [2.45, 2.75) is 56.5 Å². The van der Waals surface area contributed by atoms with E-state index in [4.69, 9.17) is 0 Å². The highest BCUT2D eigenvalue weighted by Gasteiger charge is 2.56. The number of carbonyl (C=O) groups excluding carboxylic acids is 3. The summed E-state index contributed by atoms with van der Waals surface area (Å²) in [5, 5.41) is 0. The summed E-state index contributed by atoms with van der Waals surface area (Å²) in [5.74, 6) is -1.23. The van der Waals surface area contributed by atoms with Gasteiger partial charge in [0.1, 0.15) is 5.82 Å². The monoisotopic (exact) mass is 478 g/mol. The normalized spacial score (nSPS) is 23.9. The summed E-state index contributed by atoms with van der Waals surface area (Å²) in [6.45, 7) is 3.30. The van der Waals surface area contributed by atoms with Crippen molar-refractivity contribution in [3.63, 3.8) is 0 Å². The molecule has 1 aromatic heterocycles. The second-order valence-electron chi connectivity index (χ2n) is 9.97. The van der Waals surface area contributed by atoms with Gasteiger partial charge in [-0.15, -0.1) is 0 Å². The topological polar surface area (TPSA) is 73.8 Å². The Kier molecular flexibility index (Phi) is 6.65. The summed E-state index contributed by atoms with van der Waals surface area (Å²) in [6, 6.07) is 9.67. The number of piperazine rings is 1. The molecule has 8 heteroatoms. The van der Waals surface area contributed by atoms with Gasteiger partial charge in [-0.3, -0.25) is 29.2 Å². The van der Waals surface area contributed by atoms with Gasteiger partial charge < -0.3 is 4.90 Å². The van der Waals surface area contributed by atoms with Crippen LogP contribution in [0, 0.1) is 5.82 Å². The number of amides is 3. The largest absolute Gasteiger partial charge is 0.340 e. The lowest BCUT2D eigenvalue weighted by atomic mass is 9.75. The zero-order valence-corrected chi connectivity index (χ0v) is 19.9. The molecule has 1 aliphatic carbocycles. The molecule has 1 saturated carbocycles. The van der Waals surface area contributed by atoms with E-state index in [9.17, 15) is 18.8 Å². The van der Waals surface area contributed by atoms with E-state index in [-0.39, 0.29) is 36.6 Å². The fraction of sp³-hybridized carbons (Fsp3) is 0.481. The summed E-state index contributed by atoms with van der Waals surface area (Å²) in [6.07, 6.45) is 6.95. The second kappa shape index (κ2) is 9.85. The molecule has 3 amide bonds. The average molecular weight is 479 g/mol. The number of imide groups is 1. The average Bonchev–Trinajstić information content (AvgIpc) is 3.47. The number of benzene rings is 1. The molecule has 2 aromatic rings. The standard InChI is InChI=1S/C27H31FN4O3/c28-22-7-3-6-21(15-22)27(17-25(34)32(26(27)35)23-8-1-2-9-23)16-24(33)31-13-11-30(12-14-31)19-20-5-4-10-29-18-20/h3-7,10,15,18,23H,1-2,8-9,11-14,16-17,19H2/t27-/m0/s1. The lowest BCUT2D eigenvalue weighted by Gasteiger charge is -2.37. The number of likely N-dealkylation sites (tertiary alicyclic amines) is 1. The third kappa shape index (κ3) is 4.72. The van der Waals surface area contributed by atoms with E-state index in [0.29, 0.717) is 31.7 Å². The van der Waals surface area contributed by atoms with Gasteiger partial charge in [0.15, 0.2) is 0 Å². The number of carbonyl (C=O) groups is 3. The van der Waals surface area contributed by atoms with E-state index in [1.807, 2.05) is 18.3 Å². The first-order chi connectivity index (χ1) is 17.0. The van der Waals surface area contributed by atoms with E-state index >= 15 is 0 Å². The van der Waals surface area contributed by atoms with Crippen LogP contribution in [0.5, 0.6) is 0 Å². The van der Waals surface area contributed by atoms with E-state index in [1.165, 1.54) is 17.0 Å². The number of rotatable bonds is 6. The van der Waals surface area contributed by atoms with Crippen molar-refractivity contribution in [3.05, 3.63) is 65.7 Å². The quantitative estimate of drug-likeness (QED) is 0.597. The minimum Gasteiger partial charge on any atom is -0.340 e. The SMILES string of the molecule is O=C(C[C@@]1(c2cccc(F)c2)CC(=O)N(C2CCCC2)C1=O)N1CCN(Cc2cccnc2)CC1. The summed E-state index contributed by atoms with van der Waals surface area (Å²) >= 11 is 0. The Morgan fingerprint density at radius 2 is 1.83 bits per heavy atom. The predicted molar refractivity (Wildman–Crippen MR) is 128 cm³/mol. The number of hydrogen-bond acceptors (Lipinski definition) is 5. The van der Waals surface area contributed by atoms with Gasteiger partial charge in [0.05, 0.1) is 5.41 Å². The number of halogens is 1. The highest BCUT2D eigenvalue weighted by atomic mass is 19.1. The second-order valence-corrected chi connectivity index (χ2v) is 9.97. The zero-order valence-electron chi connectivity index (χ0n) is 19.9. The number of nitrogens with zero attached hydrogens (tertiary/aromatic N) is 4. The van der Waals surface area contributed by atoms with Crippen molar-refractivity contribution in [2.75, 3.05) is 26.2 Å². The minimum absolute atomic E-state index is 0.0848. The van der Waals surface area contributed by atoms with E-state index in [0.717, 1.165) is 37.8 Å². The van der Waals surface area contributed by atoms with Gasteiger partial charge in [0, 0.05) is 64.0 Å². The molecule has 35 heavy (non-hydrogen) atoms. The van der Waals surface area contributed by atoms with Gasteiger partial charge in [-0.05, 0) is 42.2 Å². The molecule has 3 heterocycles. The summed E-state index contributed by atoms with van der Waals surface area (Å²) in [7, 11) is 0. The Hall–Kier alpha value is -3.13. The van der Waals surface area contributed by atoms with Crippen LogP contribution < -0.4 is 0 Å².